The van der Waals surface area contributed by atoms with Crippen molar-refractivity contribution in [2.24, 2.45) is 0 Å². The van der Waals surface area contributed by atoms with Crippen LogP contribution in [0.3, 0.4) is 0 Å². The SMILES string of the molecule is CCCc1nc(C(=O)NCCCCCCSC)n[nH]1. The summed E-state index contributed by atoms with van der Waals surface area (Å²) in [6, 6.07) is 0. The van der Waals surface area contributed by atoms with Crippen LogP contribution < -0.4 is 5.32 Å². The fraction of sp³-hybridized carbons (Fsp3) is 0.769. The Morgan fingerprint density at radius 2 is 2.11 bits per heavy atom. The highest BCUT2D eigenvalue weighted by Gasteiger charge is 2.10. The molecule has 2 N–H and O–H groups in total. The van der Waals surface area contributed by atoms with Crippen molar-refractivity contribution in [2.45, 2.75) is 45.4 Å². The molecule has 0 saturated heterocycles. The van der Waals surface area contributed by atoms with Crippen LogP contribution in [0.4, 0.5) is 0 Å². The van der Waals surface area contributed by atoms with E-state index in [4.69, 9.17) is 0 Å². The van der Waals surface area contributed by atoms with Crippen LogP contribution in [-0.4, -0.2) is 39.6 Å². The Kier molecular flexibility index (Phi) is 8.29. The molecule has 1 aromatic heterocycles. The van der Waals surface area contributed by atoms with Crippen LogP contribution in [-0.2, 0) is 6.42 Å². The lowest BCUT2D eigenvalue weighted by Gasteiger charge is -2.02. The Morgan fingerprint density at radius 3 is 2.84 bits per heavy atom. The lowest BCUT2D eigenvalue weighted by Crippen LogP contribution is -2.25. The van der Waals surface area contributed by atoms with E-state index in [2.05, 4.69) is 33.7 Å². The zero-order chi connectivity index (χ0) is 13.9. The van der Waals surface area contributed by atoms with E-state index in [0.717, 1.165) is 31.5 Å². The molecule has 1 heterocycles. The van der Waals surface area contributed by atoms with Gasteiger partial charge in [-0.15, -0.1) is 5.10 Å². The number of carbonyl (C=O) groups excluding carboxylic acids is 1. The number of rotatable bonds is 10. The molecule has 0 aliphatic carbocycles. The topological polar surface area (TPSA) is 70.7 Å². The molecule has 0 unspecified atom stereocenters. The molecular weight excluding hydrogens is 260 g/mol. The Hall–Kier alpha value is -1.04. The largest absolute Gasteiger partial charge is 0.349 e. The number of aromatic amines is 1. The molecule has 108 valence electrons. The Labute approximate surface area is 119 Å². The molecule has 0 bridgehead atoms. The van der Waals surface area contributed by atoms with Crippen molar-refractivity contribution in [2.75, 3.05) is 18.6 Å². The predicted molar refractivity (Wildman–Crippen MR) is 79.6 cm³/mol. The fourth-order valence-corrected chi connectivity index (χ4v) is 2.24. The molecule has 0 spiro atoms. The highest BCUT2D eigenvalue weighted by atomic mass is 32.2. The molecular formula is C13H24N4OS. The monoisotopic (exact) mass is 284 g/mol. The summed E-state index contributed by atoms with van der Waals surface area (Å²) in [6.07, 6.45) is 8.63. The van der Waals surface area contributed by atoms with Crippen molar-refractivity contribution in [3.63, 3.8) is 0 Å². The molecule has 19 heavy (non-hydrogen) atoms. The van der Waals surface area contributed by atoms with Gasteiger partial charge in [-0.3, -0.25) is 9.89 Å². The molecule has 0 aliphatic rings. The van der Waals surface area contributed by atoms with Gasteiger partial charge in [0.05, 0.1) is 0 Å². The van der Waals surface area contributed by atoms with Gasteiger partial charge in [0.1, 0.15) is 5.82 Å². The highest BCUT2D eigenvalue weighted by molar-refractivity contribution is 7.98. The number of aryl methyl sites for hydroxylation is 1. The van der Waals surface area contributed by atoms with Crippen LogP contribution in [0.1, 0.15) is 55.5 Å². The number of aromatic nitrogens is 3. The molecule has 0 atom stereocenters. The van der Waals surface area contributed by atoms with Crippen molar-refractivity contribution >= 4 is 17.7 Å². The molecule has 1 amide bonds. The number of hydrogen-bond donors (Lipinski definition) is 2. The summed E-state index contributed by atoms with van der Waals surface area (Å²) in [7, 11) is 0. The van der Waals surface area contributed by atoms with Crippen molar-refractivity contribution in [1.29, 1.82) is 0 Å². The quantitative estimate of drug-likeness (QED) is 0.647. The smallest absolute Gasteiger partial charge is 0.290 e. The number of nitrogens with zero attached hydrogens (tertiary/aromatic N) is 2. The van der Waals surface area contributed by atoms with Crippen LogP contribution in [0.2, 0.25) is 0 Å². The van der Waals surface area contributed by atoms with Gasteiger partial charge < -0.3 is 5.32 Å². The van der Waals surface area contributed by atoms with E-state index in [0.29, 0.717) is 6.54 Å². The van der Waals surface area contributed by atoms with Crippen LogP contribution in [0.25, 0.3) is 0 Å². The number of thioether (sulfide) groups is 1. The minimum atomic E-state index is -0.178. The summed E-state index contributed by atoms with van der Waals surface area (Å²) >= 11 is 1.88. The molecule has 0 radical (unpaired) electrons. The lowest BCUT2D eigenvalue weighted by atomic mass is 10.2. The average Bonchev–Trinajstić information content (AvgIpc) is 2.87. The van der Waals surface area contributed by atoms with Crippen LogP contribution in [0.5, 0.6) is 0 Å². The van der Waals surface area contributed by atoms with Crippen molar-refractivity contribution in [3.05, 3.63) is 11.6 Å². The zero-order valence-electron chi connectivity index (χ0n) is 11.9. The number of unbranched alkanes of at least 4 members (excludes halogenated alkanes) is 3. The number of nitrogens with one attached hydrogen (secondary N) is 2. The van der Waals surface area contributed by atoms with Gasteiger partial charge in [0.2, 0.25) is 5.82 Å². The summed E-state index contributed by atoms with van der Waals surface area (Å²) in [5.41, 5.74) is 0. The van der Waals surface area contributed by atoms with E-state index in [1.807, 2.05) is 11.8 Å². The first-order valence-corrected chi connectivity index (χ1v) is 8.35. The first-order valence-electron chi connectivity index (χ1n) is 6.96. The normalized spacial score (nSPS) is 10.6. The van der Waals surface area contributed by atoms with Gasteiger partial charge in [0, 0.05) is 13.0 Å². The van der Waals surface area contributed by atoms with E-state index in [9.17, 15) is 4.79 Å². The number of amides is 1. The van der Waals surface area contributed by atoms with Gasteiger partial charge >= 0.3 is 0 Å². The van der Waals surface area contributed by atoms with E-state index in [1.165, 1.54) is 18.6 Å². The summed E-state index contributed by atoms with van der Waals surface area (Å²) in [5.74, 6) is 2.09. The third-order valence-electron chi connectivity index (χ3n) is 2.78. The average molecular weight is 284 g/mol. The summed E-state index contributed by atoms with van der Waals surface area (Å²) in [5, 5.41) is 9.57. The van der Waals surface area contributed by atoms with Gasteiger partial charge in [0.15, 0.2) is 0 Å². The van der Waals surface area contributed by atoms with Crippen LogP contribution in [0.15, 0.2) is 0 Å². The van der Waals surface area contributed by atoms with Crippen molar-refractivity contribution < 1.29 is 4.79 Å². The van der Waals surface area contributed by atoms with Crippen molar-refractivity contribution in [1.82, 2.24) is 20.5 Å². The minimum absolute atomic E-state index is 0.178. The number of H-pyrrole nitrogens is 1. The Bertz CT molecular complexity index is 367. The Morgan fingerprint density at radius 1 is 1.32 bits per heavy atom. The number of hydrogen-bond acceptors (Lipinski definition) is 4. The van der Waals surface area contributed by atoms with E-state index >= 15 is 0 Å². The standard InChI is InChI=1S/C13H24N4OS/c1-3-8-11-15-12(17-16-11)13(18)14-9-6-4-5-7-10-19-2/h3-10H2,1-2H3,(H,14,18)(H,15,16,17). The second-order valence-electron chi connectivity index (χ2n) is 4.52. The fourth-order valence-electron chi connectivity index (χ4n) is 1.75. The third-order valence-corrected chi connectivity index (χ3v) is 3.48. The summed E-state index contributed by atoms with van der Waals surface area (Å²) < 4.78 is 0. The number of carbonyl (C=O) groups is 1. The molecule has 1 rings (SSSR count). The third kappa shape index (κ3) is 6.61. The first-order chi connectivity index (χ1) is 9.27. The minimum Gasteiger partial charge on any atom is -0.349 e. The maximum Gasteiger partial charge on any atom is 0.290 e. The maximum atomic E-state index is 11.7. The van der Waals surface area contributed by atoms with Crippen molar-refractivity contribution in [3.8, 4) is 0 Å². The second kappa shape index (κ2) is 9.83. The van der Waals surface area contributed by atoms with E-state index in [-0.39, 0.29) is 11.7 Å². The van der Waals surface area contributed by atoms with Gasteiger partial charge in [-0.05, 0) is 31.3 Å². The van der Waals surface area contributed by atoms with Gasteiger partial charge in [-0.1, -0.05) is 19.8 Å². The molecule has 0 aromatic carbocycles. The molecule has 0 saturated carbocycles. The van der Waals surface area contributed by atoms with Crippen LogP contribution in [0, 0.1) is 0 Å². The maximum absolute atomic E-state index is 11.7. The summed E-state index contributed by atoms with van der Waals surface area (Å²) in [4.78, 5) is 15.9. The van der Waals surface area contributed by atoms with Crippen LogP contribution >= 0.6 is 11.8 Å². The van der Waals surface area contributed by atoms with E-state index in [1.54, 1.807) is 0 Å². The summed E-state index contributed by atoms with van der Waals surface area (Å²) in [6.45, 7) is 2.77. The highest BCUT2D eigenvalue weighted by Crippen LogP contribution is 2.04. The lowest BCUT2D eigenvalue weighted by molar-refractivity contribution is 0.0943. The molecule has 1 aromatic rings. The zero-order valence-corrected chi connectivity index (χ0v) is 12.7. The first kappa shape index (κ1) is 16.0. The molecule has 0 fully saturated rings. The van der Waals surface area contributed by atoms with Gasteiger partial charge in [-0.25, -0.2) is 4.98 Å². The molecule has 6 heteroatoms. The van der Waals surface area contributed by atoms with Gasteiger partial charge in [0.25, 0.3) is 5.91 Å². The molecule has 0 aliphatic heterocycles. The predicted octanol–water partition coefficient (Wildman–Crippen LogP) is 2.41. The Balaban J connectivity index is 2.13. The second-order valence-corrected chi connectivity index (χ2v) is 5.50. The molecule has 5 nitrogen and oxygen atoms in total. The van der Waals surface area contributed by atoms with E-state index < -0.39 is 0 Å². The van der Waals surface area contributed by atoms with Gasteiger partial charge in [-0.2, -0.15) is 11.8 Å².